The van der Waals surface area contributed by atoms with E-state index in [-0.39, 0.29) is 0 Å². The first-order chi connectivity index (χ1) is 19.2. The highest BCUT2D eigenvalue weighted by atomic mass is 16.6. The highest BCUT2D eigenvalue weighted by Crippen LogP contribution is 2.33. The third-order valence-electron chi connectivity index (χ3n) is 6.70. The molecule has 2 aliphatic rings. The molecule has 2 aromatic carbocycles. The van der Waals surface area contributed by atoms with Gasteiger partial charge in [-0.2, -0.15) is 4.74 Å². The van der Waals surface area contributed by atoms with Crippen LogP contribution in [0.1, 0.15) is 44.4 Å². The van der Waals surface area contributed by atoms with Gasteiger partial charge in [0, 0.05) is 31.1 Å². The molecule has 213 valence electrons. The minimum Gasteiger partial charge on any atom is -0.622 e. The van der Waals surface area contributed by atoms with E-state index in [4.69, 9.17) is 23.7 Å². The van der Waals surface area contributed by atoms with Crippen LogP contribution in [0.15, 0.2) is 48.5 Å². The Hall–Kier alpha value is -3.39. The Labute approximate surface area is 236 Å². The summed E-state index contributed by atoms with van der Waals surface area (Å²) in [7, 11) is 0. The molecule has 0 fully saturated rings. The summed E-state index contributed by atoms with van der Waals surface area (Å²) in [6, 6.07) is 13.3. The van der Waals surface area contributed by atoms with Gasteiger partial charge in [0.1, 0.15) is 18.8 Å². The van der Waals surface area contributed by atoms with E-state index in [9.17, 15) is 10.4 Å². The van der Waals surface area contributed by atoms with Gasteiger partial charge in [-0.05, 0) is 55.8 Å². The molecule has 40 heavy (non-hydrogen) atoms. The number of fused-ring (bicyclic) bond motifs is 1. The minimum absolute atomic E-state index is 0.378. The highest BCUT2D eigenvalue weighted by Gasteiger charge is 2.56. The first-order valence-corrected chi connectivity index (χ1v) is 13.4. The zero-order chi connectivity index (χ0) is 28.6. The highest BCUT2D eigenvalue weighted by molar-refractivity contribution is 6.02. The third-order valence-corrected chi connectivity index (χ3v) is 6.70. The lowest BCUT2D eigenvalue weighted by Crippen LogP contribution is -2.50. The van der Waals surface area contributed by atoms with Crippen molar-refractivity contribution in [3.63, 3.8) is 0 Å². The van der Waals surface area contributed by atoms with Gasteiger partial charge in [0.05, 0.1) is 39.6 Å². The molecule has 9 heteroatoms. The molecule has 9 nitrogen and oxygen atoms in total. The summed E-state index contributed by atoms with van der Waals surface area (Å²) in [5.41, 5.74) is 0.879. The number of hydroxylamine groups is 3. The van der Waals surface area contributed by atoms with Crippen LogP contribution in [-0.4, -0.2) is 79.6 Å². The van der Waals surface area contributed by atoms with Crippen molar-refractivity contribution in [2.24, 2.45) is 0 Å². The van der Waals surface area contributed by atoms with Crippen molar-refractivity contribution in [1.29, 1.82) is 0 Å². The van der Waals surface area contributed by atoms with Crippen LogP contribution in [0.3, 0.4) is 0 Å². The lowest BCUT2D eigenvalue weighted by molar-refractivity contribution is -0.586. The third kappa shape index (κ3) is 7.22. The fourth-order valence-corrected chi connectivity index (χ4v) is 4.46. The van der Waals surface area contributed by atoms with Gasteiger partial charge in [0.25, 0.3) is 0 Å². The van der Waals surface area contributed by atoms with Crippen molar-refractivity contribution >= 4 is 11.8 Å². The van der Waals surface area contributed by atoms with E-state index in [0.717, 1.165) is 26.5 Å². The predicted molar refractivity (Wildman–Crippen MR) is 151 cm³/mol. The van der Waals surface area contributed by atoms with E-state index in [2.05, 4.69) is 11.8 Å². The topological polar surface area (TPSA) is 95.4 Å². The largest absolute Gasteiger partial charge is 0.622 e. The molecule has 1 radical (unpaired) electrons. The fraction of sp³-hybridized carbons (Fsp3) is 0.452. The smallest absolute Gasteiger partial charge is 0.248 e. The number of hydrogen-bond donors (Lipinski definition) is 0. The fourth-order valence-electron chi connectivity index (χ4n) is 4.46. The Kier molecular flexibility index (Phi) is 9.85. The SMILES string of the molecule is CC1(C)C(/C=C/c2ccc(C#Cc3ccc4c(c3)OCCOCCOCCOCCO4)cc2)=[N+]([O-])C(C)(C)N1[O]. The molecule has 2 aliphatic heterocycles. The number of hydrogen-bond acceptors (Lipinski definition) is 7. The molecule has 0 saturated carbocycles. The summed E-state index contributed by atoms with van der Waals surface area (Å²) in [4.78, 5) is 0. The molecule has 0 atom stereocenters. The summed E-state index contributed by atoms with van der Waals surface area (Å²) in [6.07, 6.45) is 3.56. The summed E-state index contributed by atoms with van der Waals surface area (Å²) in [6.45, 7) is 10.5. The number of benzene rings is 2. The number of ether oxygens (including phenoxy) is 5. The van der Waals surface area contributed by atoms with Gasteiger partial charge in [-0.1, -0.05) is 29.0 Å². The van der Waals surface area contributed by atoms with Gasteiger partial charge in [-0.25, -0.2) is 0 Å². The summed E-state index contributed by atoms with van der Waals surface area (Å²) in [5.74, 6) is 7.58. The standard InChI is InChI=1S/C31H37N2O7/c1-30(2)29(32(34)31(3,4)33(30)35)14-12-25-7-5-24(6-8-25)9-10-26-11-13-27-28(23-26)40-22-20-38-18-16-36-15-17-37-19-21-39-27/h5-8,11-14,23H,15-22H2,1-4H3/b14-12+. The minimum atomic E-state index is -1.15. The van der Waals surface area contributed by atoms with Gasteiger partial charge in [0.2, 0.25) is 11.4 Å². The Morgan fingerprint density at radius 1 is 0.750 bits per heavy atom. The van der Waals surface area contributed by atoms with E-state index in [1.54, 1.807) is 33.8 Å². The molecule has 0 N–H and O–H groups in total. The molecule has 0 aliphatic carbocycles. The number of nitrogens with zero attached hydrogens (tertiary/aromatic N) is 2. The van der Waals surface area contributed by atoms with E-state index in [1.807, 2.05) is 48.5 Å². The molecule has 0 unspecified atom stereocenters. The van der Waals surface area contributed by atoms with Crippen LogP contribution in [-0.2, 0) is 19.4 Å². The van der Waals surface area contributed by atoms with Gasteiger partial charge in [0.15, 0.2) is 11.5 Å². The Balaban J connectivity index is 1.44. The van der Waals surface area contributed by atoms with Crippen LogP contribution in [0.2, 0.25) is 0 Å². The maximum Gasteiger partial charge on any atom is 0.248 e. The average molecular weight is 550 g/mol. The van der Waals surface area contributed by atoms with E-state index < -0.39 is 11.2 Å². The van der Waals surface area contributed by atoms with Gasteiger partial charge in [-0.3, -0.25) is 0 Å². The molecule has 0 amide bonds. The number of rotatable bonds is 2. The van der Waals surface area contributed by atoms with Crippen molar-refractivity contribution in [3.8, 4) is 23.3 Å². The predicted octanol–water partition coefficient (Wildman–Crippen LogP) is 4.05. The van der Waals surface area contributed by atoms with Gasteiger partial charge >= 0.3 is 0 Å². The second kappa shape index (κ2) is 13.3. The lowest BCUT2D eigenvalue weighted by Gasteiger charge is -2.27. The molecule has 0 spiro atoms. The molecule has 2 heterocycles. The molecule has 0 bridgehead atoms. The van der Waals surface area contributed by atoms with Crippen LogP contribution < -0.4 is 9.47 Å². The quantitative estimate of drug-likeness (QED) is 0.317. The Bertz CT molecular complexity index is 1270. The van der Waals surface area contributed by atoms with Crippen molar-refractivity contribution in [2.75, 3.05) is 52.9 Å². The molecule has 4 rings (SSSR count). The normalized spacial score (nSPS) is 20.4. The molecular weight excluding hydrogens is 512 g/mol. The molecule has 0 aromatic heterocycles. The van der Waals surface area contributed by atoms with E-state index >= 15 is 0 Å². The van der Waals surface area contributed by atoms with Crippen molar-refractivity contribution in [3.05, 3.63) is 70.4 Å². The maximum atomic E-state index is 12.7. The Morgan fingerprint density at radius 2 is 1.27 bits per heavy atom. The van der Waals surface area contributed by atoms with Crippen LogP contribution in [0, 0.1) is 17.0 Å². The molecule has 0 saturated heterocycles. The summed E-state index contributed by atoms with van der Waals surface area (Å²) >= 11 is 0. The summed E-state index contributed by atoms with van der Waals surface area (Å²) in [5, 5.41) is 26.1. The monoisotopic (exact) mass is 549 g/mol. The van der Waals surface area contributed by atoms with Crippen LogP contribution >= 0.6 is 0 Å². The average Bonchev–Trinajstić information content (AvgIpc) is 3.05. The van der Waals surface area contributed by atoms with Gasteiger partial charge in [-0.15, -0.1) is 5.21 Å². The first kappa shape index (κ1) is 29.6. The second-order valence-electron chi connectivity index (χ2n) is 10.4. The van der Waals surface area contributed by atoms with Crippen LogP contribution in [0.4, 0.5) is 0 Å². The van der Waals surface area contributed by atoms with Crippen molar-refractivity contribution in [1.82, 2.24) is 5.06 Å². The maximum absolute atomic E-state index is 12.7. The zero-order valence-corrected chi connectivity index (χ0v) is 23.6. The molecule has 2 aromatic rings. The Morgan fingerprint density at radius 3 is 1.85 bits per heavy atom. The van der Waals surface area contributed by atoms with Crippen LogP contribution in [0.25, 0.3) is 6.08 Å². The second-order valence-corrected chi connectivity index (χ2v) is 10.4. The van der Waals surface area contributed by atoms with E-state index in [1.165, 1.54) is 0 Å². The molecular formula is C31H37N2O7. The summed E-state index contributed by atoms with van der Waals surface area (Å²) < 4.78 is 29.1. The first-order valence-electron chi connectivity index (χ1n) is 13.4. The van der Waals surface area contributed by atoms with E-state index in [0.29, 0.717) is 70.1 Å². The lowest BCUT2D eigenvalue weighted by atomic mass is 9.97. The van der Waals surface area contributed by atoms with Gasteiger partial charge < -0.3 is 28.9 Å². The van der Waals surface area contributed by atoms with Crippen molar-refractivity contribution < 1.29 is 33.6 Å². The van der Waals surface area contributed by atoms with Crippen molar-refractivity contribution in [2.45, 2.75) is 38.9 Å². The zero-order valence-electron chi connectivity index (χ0n) is 23.6. The van der Waals surface area contributed by atoms with Crippen LogP contribution in [0.5, 0.6) is 11.5 Å².